The molecular formula is C26H25Cl3N4O2. The molecule has 35 heavy (non-hydrogen) atoms. The molecule has 0 unspecified atom stereocenters. The molecule has 1 N–H and O–H groups in total. The van der Waals surface area contributed by atoms with Gasteiger partial charge in [-0.3, -0.25) is 10.2 Å². The third-order valence-electron chi connectivity index (χ3n) is 6.24. The topological polar surface area (TPSA) is 59.4 Å². The fourth-order valence-electron chi connectivity index (χ4n) is 4.53. The molecule has 1 fully saturated rings. The Labute approximate surface area is 219 Å². The van der Waals surface area contributed by atoms with E-state index in [2.05, 4.69) is 11.5 Å². The Morgan fingerprint density at radius 3 is 2.46 bits per heavy atom. The first-order valence-corrected chi connectivity index (χ1v) is 12.8. The summed E-state index contributed by atoms with van der Waals surface area (Å²) in [4.78, 5) is 13.4. The number of hydrogen-bond acceptors (Lipinski definition) is 4. The van der Waals surface area contributed by atoms with Gasteiger partial charge in [0.15, 0.2) is 5.69 Å². The Bertz CT molecular complexity index is 1260. The zero-order valence-corrected chi connectivity index (χ0v) is 21.3. The Morgan fingerprint density at radius 2 is 1.69 bits per heavy atom. The summed E-state index contributed by atoms with van der Waals surface area (Å²) < 4.78 is 7.19. The second-order valence-electron chi connectivity index (χ2n) is 8.65. The molecule has 0 radical (unpaired) electrons. The predicted molar refractivity (Wildman–Crippen MR) is 140 cm³/mol. The molecule has 0 saturated carbocycles. The van der Waals surface area contributed by atoms with Crippen LogP contribution in [0.3, 0.4) is 0 Å². The van der Waals surface area contributed by atoms with E-state index in [9.17, 15) is 4.79 Å². The van der Waals surface area contributed by atoms with Crippen LogP contribution in [-0.2, 0) is 11.2 Å². The number of fused-ring (bicyclic) bond motifs is 1. The molecule has 6 nitrogen and oxygen atoms in total. The van der Waals surface area contributed by atoms with E-state index in [1.165, 1.54) is 0 Å². The summed E-state index contributed by atoms with van der Waals surface area (Å²) in [6, 6.07) is 13.0. The third kappa shape index (κ3) is 5.42. The lowest BCUT2D eigenvalue weighted by Crippen LogP contribution is -2.48. The molecule has 1 aromatic heterocycles. The van der Waals surface area contributed by atoms with E-state index in [0.717, 1.165) is 48.1 Å². The summed E-state index contributed by atoms with van der Waals surface area (Å²) in [5, 5.41) is 8.44. The van der Waals surface area contributed by atoms with Gasteiger partial charge >= 0.3 is 0 Å². The number of carbonyl (C=O) groups is 1. The van der Waals surface area contributed by atoms with Crippen LogP contribution in [0.5, 0.6) is 0 Å². The number of ether oxygens (including phenoxy) is 1. The van der Waals surface area contributed by atoms with E-state index < -0.39 is 0 Å². The first kappa shape index (κ1) is 24.3. The van der Waals surface area contributed by atoms with Gasteiger partial charge in [0.25, 0.3) is 5.91 Å². The molecule has 1 aliphatic heterocycles. The number of nitrogens with one attached hydrogen (secondary N) is 1. The summed E-state index contributed by atoms with van der Waals surface area (Å²) >= 11 is 19.0. The van der Waals surface area contributed by atoms with Crippen molar-refractivity contribution in [2.45, 2.75) is 25.7 Å². The summed E-state index contributed by atoms with van der Waals surface area (Å²) in [6.07, 6.45) is 5.70. The Balaban J connectivity index is 1.65. The maximum absolute atomic E-state index is 13.4. The van der Waals surface area contributed by atoms with Crippen molar-refractivity contribution in [2.75, 3.05) is 26.3 Å². The van der Waals surface area contributed by atoms with Crippen molar-refractivity contribution < 1.29 is 9.53 Å². The highest BCUT2D eigenvalue weighted by molar-refractivity contribution is 6.34. The van der Waals surface area contributed by atoms with Crippen molar-refractivity contribution >= 4 is 52.4 Å². The highest BCUT2D eigenvalue weighted by atomic mass is 35.5. The first-order chi connectivity index (χ1) is 17.0. The van der Waals surface area contributed by atoms with Crippen molar-refractivity contribution in [2.24, 2.45) is 0 Å². The van der Waals surface area contributed by atoms with Gasteiger partial charge in [0.05, 0.1) is 29.6 Å². The van der Waals surface area contributed by atoms with Gasteiger partial charge in [-0.25, -0.2) is 9.69 Å². The summed E-state index contributed by atoms with van der Waals surface area (Å²) in [6.45, 7) is 2.44. The highest BCUT2D eigenvalue weighted by Gasteiger charge is 2.29. The number of rotatable bonds is 4. The maximum atomic E-state index is 13.4. The van der Waals surface area contributed by atoms with Crippen LogP contribution in [0.2, 0.25) is 15.1 Å². The fourth-order valence-corrected chi connectivity index (χ4v) is 5.02. The smallest absolute Gasteiger partial charge is 0.286 e. The van der Waals surface area contributed by atoms with Gasteiger partial charge in [-0.05, 0) is 73.2 Å². The zero-order chi connectivity index (χ0) is 24.4. The van der Waals surface area contributed by atoms with Gasteiger partial charge in [-0.2, -0.15) is 5.10 Å². The van der Waals surface area contributed by atoms with Crippen molar-refractivity contribution in [3.63, 3.8) is 0 Å². The number of nitrogens with zero attached hydrogens (tertiary/aromatic N) is 3. The van der Waals surface area contributed by atoms with Crippen molar-refractivity contribution in [1.82, 2.24) is 20.2 Å². The van der Waals surface area contributed by atoms with Crippen LogP contribution in [0.15, 0.2) is 42.5 Å². The Hall–Kier alpha value is -2.35. The molecule has 2 aromatic carbocycles. The van der Waals surface area contributed by atoms with Crippen LogP contribution < -0.4 is 5.43 Å². The molecule has 1 amide bonds. The maximum Gasteiger partial charge on any atom is 0.286 e. The van der Waals surface area contributed by atoms with E-state index in [4.69, 9.17) is 44.6 Å². The lowest BCUT2D eigenvalue weighted by molar-refractivity contribution is 0.0124. The van der Waals surface area contributed by atoms with E-state index in [1.807, 2.05) is 29.3 Å². The molecule has 1 saturated heterocycles. The molecular weight excluding hydrogens is 507 g/mol. The quantitative estimate of drug-likeness (QED) is 0.415. The van der Waals surface area contributed by atoms with Gasteiger partial charge in [-0.15, -0.1) is 0 Å². The van der Waals surface area contributed by atoms with Crippen molar-refractivity contribution in [3.8, 4) is 5.69 Å². The second kappa shape index (κ2) is 10.7. The van der Waals surface area contributed by atoms with Gasteiger partial charge < -0.3 is 4.74 Å². The molecule has 5 rings (SSSR count). The van der Waals surface area contributed by atoms with Gasteiger partial charge in [0.2, 0.25) is 0 Å². The molecule has 1 aliphatic carbocycles. The zero-order valence-electron chi connectivity index (χ0n) is 19.1. The van der Waals surface area contributed by atoms with E-state index in [-0.39, 0.29) is 5.91 Å². The lowest BCUT2D eigenvalue weighted by Gasteiger charge is -2.26. The van der Waals surface area contributed by atoms with Crippen LogP contribution in [0, 0.1) is 0 Å². The number of morpholine rings is 1. The Kier molecular flexibility index (Phi) is 7.46. The van der Waals surface area contributed by atoms with Crippen molar-refractivity contribution in [1.29, 1.82) is 0 Å². The van der Waals surface area contributed by atoms with Crippen LogP contribution in [0.1, 0.15) is 46.6 Å². The minimum atomic E-state index is -0.229. The van der Waals surface area contributed by atoms with E-state index in [1.54, 1.807) is 22.9 Å². The lowest BCUT2D eigenvalue weighted by atomic mass is 10.0. The fraction of sp³-hybridized carbons (Fsp3) is 0.308. The van der Waals surface area contributed by atoms with Crippen LogP contribution in [0.25, 0.3) is 17.3 Å². The summed E-state index contributed by atoms with van der Waals surface area (Å²) in [5.74, 6) is -0.229. The van der Waals surface area contributed by atoms with E-state index >= 15 is 0 Å². The number of halogens is 3. The van der Waals surface area contributed by atoms with Gasteiger partial charge in [0.1, 0.15) is 0 Å². The Morgan fingerprint density at radius 1 is 0.971 bits per heavy atom. The molecule has 182 valence electrons. The number of benzene rings is 2. The standard InChI is InChI=1S/C26H25Cl3N4O2/c27-19-7-5-17(6-8-19)15-18-3-1-2-4-21-24(26(34)31-32-11-13-35-14-12-32)30-33(25(18)21)23-16-20(28)9-10-22(23)29/h5-10,15-16H,1-4,11-14H2,(H,31,34). The number of hydrazine groups is 1. The van der Waals surface area contributed by atoms with Gasteiger partial charge in [-0.1, -0.05) is 46.9 Å². The summed E-state index contributed by atoms with van der Waals surface area (Å²) in [5.41, 5.74) is 8.00. The molecule has 3 aromatic rings. The largest absolute Gasteiger partial charge is 0.379 e. The third-order valence-corrected chi connectivity index (χ3v) is 7.05. The number of carbonyl (C=O) groups excluding carboxylic acids is 1. The summed E-state index contributed by atoms with van der Waals surface area (Å²) in [7, 11) is 0. The average Bonchev–Trinajstić information content (AvgIpc) is 3.12. The number of aromatic nitrogens is 2. The minimum absolute atomic E-state index is 0.229. The van der Waals surface area contributed by atoms with Gasteiger partial charge in [0, 0.05) is 28.7 Å². The van der Waals surface area contributed by atoms with Crippen LogP contribution >= 0.6 is 34.8 Å². The number of amides is 1. The SMILES string of the molecule is O=C(NN1CCOCC1)c1nn(-c2cc(Cl)ccc2Cl)c2c1CCCCC2=Cc1ccc(Cl)cc1. The highest BCUT2D eigenvalue weighted by Crippen LogP contribution is 2.37. The van der Waals surface area contributed by atoms with Crippen molar-refractivity contribution in [3.05, 3.63) is 80.0 Å². The number of hydrogen-bond donors (Lipinski definition) is 1. The average molecular weight is 532 g/mol. The molecule has 0 bridgehead atoms. The molecule has 2 heterocycles. The molecule has 9 heteroatoms. The van der Waals surface area contributed by atoms with Crippen LogP contribution in [-0.4, -0.2) is 47.0 Å². The molecule has 2 aliphatic rings. The predicted octanol–water partition coefficient (Wildman–Crippen LogP) is 6.08. The second-order valence-corrected chi connectivity index (χ2v) is 9.93. The monoisotopic (exact) mass is 530 g/mol. The molecule has 0 spiro atoms. The normalized spacial score (nSPS) is 17.7. The number of allylic oxidation sites excluding steroid dienone is 1. The molecule has 0 atom stereocenters. The van der Waals surface area contributed by atoms with E-state index in [0.29, 0.717) is 52.8 Å². The first-order valence-electron chi connectivity index (χ1n) is 11.7. The minimum Gasteiger partial charge on any atom is -0.379 e. The van der Waals surface area contributed by atoms with Crippen LogP contribution in [0.4, 0.5) is 0 Å².